The van der Waals surface area contributed by atoms with E-state index >= 15 is 0 Å². The third-order valence-electron chi connectivity index (χ3n) is 2.93. The van der Waals surface area contributed by atoms with Gasteiger partial charge < -0.3 is 10.1 Å². The molecule has 96 valence electrons. The Balaban J connectivity index is 2.69. The summed E-state index contributed by atoms with van der Waals surface area (Å²) in [6.07, 6.45) is 2.43. The van der Waals surface area contributed by atoms with Crippen molar-refractivity contribution in [2.24, 2.45) is 0 Å². The molecule has 0 aliphatic rings. The Bertz CT molecular complexity index is 354. The van der Waals surface area contributed by atoms with Crippen molar-refractivity contribution >= 4 is 15.9 Å². The lowest BCUT2D eigenvalue weighted by Gasteiger charge is -2.20. The SMILES string of the molecule is CCCC(C)NC(C)c1ccc(OC)c(Br)c1. The molecule has 2 atom stereocenters. The van der Waals surface area contributed by atoms with Crippen molar-refractivity contribution in [3.63, 3.8) is 0 Å². The number of nitrogens with one attached hydrogen (secondary N) is 1. The molecule has 0 fully saturated rings. The molecular weight excluding hydrogens is 278 g/mol. The highest BCUT2D eigenvalue weighted by Crippen LogP contribution is 2.28. The second-order valence-corrected chi connectivity index (χ2v) is 5.33. The number of halogens is 1. The second-order valence-electron chi connectivity index (χ2n) is 4.47. The number of benzene rings is 1. The van der Waals surface area contributed by atoms with Crippen LogP contribution in [0.25, 0.3) is 0 Å². The molecule has 17 heavy (non-hydrogen) atoms. The van der Waals surface area contributed by atoms with Gasteiger partial charge in [0.1, 0.15) is 5.75 Å². The maximum Gasteiger partial charge on any atom is 0.133 e. The van der Waals surface area contributed by atoms with Crippen LogP contribution in [0, 0.1) is 0 Å². The first kappa shape index (κ1) is 14.5. The summed E-state index contributed by atoms with van der Waals surface area (Å²) in [6.45, 7) is 6.64. The highest BCUT2D eigenvalue weighted by Gasteiger charge is 2.10. The fraction of sp³-hybridized carbons (Fsp3) is 0.571. The van der Waals surface area contributed by atoms with Gasteiger partial charge in [-0.3, -0.25) is 0 Å². The topological polar surface area (TPSA) is 21.3 Å². The molecule has 1 N–H and O–H groups in total. The van der Waals surface area contributed by atoms with E-state index in [1.54, 1.807) is 7.11 Å². The summed E-state index contributed by atoms with van der Waals surface area (Å²) in [5, 5.41) is 3.60. The Morgan fingerprint density at radius 2 is 2.06 bits per heavy atom. The summed E-state index contributed by atoms with van der Waals surface area (Å²) in [5.41, 5.74) is 1.28. The third kappa shape index (κ3) is 4.32. The molecule has 1 rings (SSSR count). The molecule has 0 aliphatic heterocycles. The molecule has 0 aromatic heterocycles. The molecule has 0 bridgehead atoms. The number of ether oxygens (including phenoxy) is 1. The maximum absolute atomic E-state index is 5.23. The van der Waals surface area contributed by atoms with Crippen molar-refractivity contribution in [1.82, 2.24) is 5.32 Å². The van der Waals surface area contributed by atoms with E-state index in [4.69, 9.17) is 4.74 Å². The Morgan fingerprint density at radius 1 is 1.35 bits per heavy atom. The minimum Gasteiger partial charge on any atom is -0.496 e. The Hall–Kier alpha value is -0.540. The van der Waals surface area contributed by atoms with Crippen LogP contribution in [0.4, 0.5) is 0 Å². The fourth-order valence-corrected chi connectivity index (χ4v) is 2.55. The lowest BCUT2D eigenvalue weighted by molar-refractivity contribution is 0.411. The van der Waals surface area contributed by atoms with Gasteiger partial charge in [-0.25, -0.2) is 0 Å². The van der Waals surface area contributed by atoms with Gasteiger partial charge >= 0.3 is 0 Å². The monoisotopic (exact) mass is 299 g/mol. The van der Waals surface area contributed by atoms with E-state index in [2.05, 4.69) is 54.2 Å². The molecule has 2 unspecified atom stereocenters. The number of hydrogen-bond donors (Lipinski definition) is 1. The molecule has 3 heteroatoms. The van der Waals surface area contributed by atoms with Crippen molar-refractivity contribution in [2.45, 2.75) is 45.7 Å². The van der Waals surface area contributed by atoms with Gasteiger partial charge in [-0.15, -0.1) is 0 Å². The summed E-state index contributed by atoms with van der Waals surface area (Å²) in [7, 11) is 1.69. The molecule has 0 heterocycles. The maximum atomic E-state index is 5.23. The minimum absolute atomic E-state index is 0.360. The van der Waals surface area contributed by atoms with E-state index in [0.29, 0.717) is 12.1 Å². The van der Waals surface area contributed by atoms with Crippen LogP contribution in [0.1, 0.15) is 45.2 Å². The van der Waals surface area contributed by atoms with Crippen LogP contribution in [0.3, 0.4) is 0 Å². The quantitative estimate of drug-likeness (QED) is 0.846. The first-order valence-corrected chi connectivity index (χ1v) is 6.97. The summed E-state index contributed by atoms with van der Waals surface area (Å²) < 4.78 is 6.24. The predicted octanol–water partition coefficient (Wildman–Crippen LogP) is 4.30. The molecule has 2 nitrogen and oxygen atoms in total. The van der Waals surface area contributed by atoms with Crippen LogP contribution in [0.5, 0.6) is 5.75 Å². The van der Waals surface area contributed by atoms with Crippen molar-refractivity contribution in [2.75, 3.05) is 7.11 Å². The van der Waals surface area contributed by atoms with E-state index in [0.717, 1.165) is 10.2 Å². The zero-order chi connectivity index (χ0) is 12.8. The first-order valence-electron chi connectivity index (χ1n) is 6.18. The van der Waals surface area contributed by atoms with Crippen molar-refractivity contribution in [3.05, 3.63) is 28.2 Å². The number of methoxy groups -OCH3 is 1. The van der Waals surface area contributed by atoms with Gasteiger partial charge in [0.25, 0.3) is 0 Å². The first-order chi connectivity index (χ1) is 8.08. The summed E-state index contributed by atoms with van der Waals surface area (Å²) >= 11 is 3.52. The molecule has 0 radical (unpaired) electrons. The van der Waals surface area contributed by atoms with Crippen molar-refractivity contribution < 1.29 is 4.74 Å². The lowest BCUT2D eigenvalue weighted by Crippen LogP contribution is -2.28. The molecule has 0 spiro atoms. The van der Waals surface area contributed by atoms with Gasteiger partial charge in [-0.05, 0) is 53.9 Å². The van der Waals surface area contributed by atoms with E-state index < -0.39 is 0 Å². The molecule has 1 aromatic carbocycles. The summed E-state index contributed by atoms with van der Waals surface area (Å²) in [6, 6.07) is 7.15. The smallest absolute Gasteiger partial charge is 0.133 e. The van der Waals surface area contributed by atoms with E-state index in [-0.39, 0.29) is 0 Å². The Labute approximate surface area is 113 Å². The van der Waals surface area contributed by atoms with Gasteiger partial charge in [0, 0.05) is 12.1 Å². The van der Waals surface area contributed by atoms with Gasteiger partial charge in [-0.1, -0.05) is 19.4 Å². The number of rotatable bonds is 6. The normalized spacial score (nSPS) is 14.4. The highest BCUT2D eigenvalue weighted by atomic mass is 79.9. The van der Waals surface area contributed by atoms with Crippen molar-refractivity contribution in [3.8, 4) is 5.75 Å². The lowest BCUT2D eigenvalue weighted by atomic mass is 10.1. The van der Waals surface area contributed by atoms with E-state index in [9.17, 15) is 0 Å². The molecule has 1 aromatic rings. The zero-order valence-corrected chi connectivity index (χ0v) is 12.7. The predicted molar refractivity (Wildman–Crippen MR) is 76.6 cm³/mol. The molecule has 0 saturated heterocycles. The molecule has 0 amide bonds. The average Bonchev–Trinajstić information content (AvgIpc) is 2.29. The highest BCUT2D eigenvalue weighted by molar-refractivity contribution is 9.10. The van der Waals surface area contributed by atoms with Crippen LogP contribution in [-0.2, 0) is 0 Å². The van der Waals surface area contributed by atoms with Crippen LogP contribution in [0.2, 0.25) is 0 Å². The van der Waals surface area contributed by atoms with Crippen molar-refractivity contribution in [1.29, 1.82) is 0 Å². The van der Waals surface area contributed by atoms with Gasteiger partial charge in [0.05, 0.1) is 11.6 Å². The Kier molecular flexibility index (Phi) is 6.00. The minimum atomic E-state index is 0.360. The average molecular weight is 300 g/mol. The van der Waals surface area contributed by atoms with Crippen LogP contribution in [0.15, 0.2) is 22.7 Å². The second kappa shape index (κ2) is 7.02. The fourth-order valence-electron chi connectivity index (χ4n) is 1.99. The summed E-state index contributed by atoms with van der Waals surface area (Å²) in [5.74, 6) is 0.877. The zero-order valence-electron chi connectivity index (χ0n) is 11.1. The van der Waals surface area contributed by atoms with Gasteiger partial charge in [0.2, 0.25) is 0 Å². The standard InChI is InChI=1S/C14H22BrNO/c1-5-6-10(2)16-11(3)12-7-8-14(17-4)13(15)9-12/h7-11,16H,5-6H2,1-4H3. The Morgan fingerprint density at radius 3 is 2.59 bits per heavy atom. The van der Waals surface area contributed by atoms with Crippen LogP contribution in [-0.4, -0.2) is 13.2 Å². The van der Waals surface area contributed by atoms with Gasteiger partial charge in [-0.2, -0.15) is 0 Å². The molecule has 0 aliphatic carbocycles. The molecule has 0 saturated carbocycles. The van der Waals surface area contributed by atoms with E-state index in [1.165, 1.54) is 18.4 Å². The largest absolute Gasteiger partial charge is 0.496 e. The summed E-state index contributed by atoms with van der Waals surface area (Å²) in [4.78, 5) is 0. The van der Waals surface area contributed by atoms with E-state index in [1.807, 2.05) is 6.07 Å². The molecular formula is C14H22BrNO. The van der Waals surface area contributed by atoms with Crippen LogP contribution < -0.4 is 10.1 Å². The van der Waals surface area contributed by atoms with Gasteiger partial charge in [0.15, 0.2) is 0 Å². The number of hydrogen-bond acceptors (Lipinski definition) is 2. The third-order valence-corrected chi connectivity index (χ3v) is 3.55. The van der Waals surface area contributed by atoms with Crippen LogP contribution >= 0.6 is 15.9 Å².